The van der Waals surface area contributed by atoms with Crippen molar-refractivity contribution in [2.24, 2.45) is 7.05 Å². The summed E-state index contributed by atoms with van der Waals surface area (Å²) in [5, 5.41) is 4.61. The highest BCUT2D eigenvalue weighted by Crippen LogP contribution is 2.33. The molecule has 2 nitrogen and oxygen atoms in total. The van der Waals surface area contributed by atoms with Crippen molar-refractivity contribution in [3.8, 4) is 11.3 Å². The second kappa shape index (κ2) is 5.82. The van der Waals surface area contributed by atoms with Crippen molar-refractivity contribution in [2.75, 3.05) is 0 Å². The van der Waals surface area contributed by atoms with Crippen LogP contribution in [0.2, 0.25) is 0 Å². The van der Waals surface area contributed by atoms with E-state index in [-0.39, 0.29) is 0 Å². The molecule has 2 heteroatoms. The van der Waals surface area contributed by atoms with Crippen molar-refractivity contribution >= 4 is 0 Å². The van der Waals surface area contributed by atoms with Crippen molar-refractivity contribution in [3.05, 3.63) is 48.0 Å². The Morgan fingerprint density at radius 3 is 2.50 bits per heavy atom. The summed E-state index contributed by atoms with van der Waals surface area (Å²) in [6.45, 7) is 2.19. The molecule has 0 aliphatic heterocycles. The predicted molar refractivity (Wildman–Crippen MR) is 83.5 cm³/mol. The van der Waals surface area contributed by atoms with Gasteiger partial charge >= 0.3 is 0 Å². The van der Waals surface area contributed by atoms with Gasteiger partial charge in [-0.2, -0.15) is 5.10 Å². The third-order valence-corrected chi connectivity index (χ3v) is 4.38. The van der Waals surface area contributed by atoms with Gasteiger partial charge in [-0.25, -0.2) is 0 Å². The molecule has 0 bridgehead atoms. The van der Waals surface area contributed by atoms with Crippen LogP contribution >= 0.6 is 0 Å². The summed E-state index contributed by atoms with van der Waals surface area (Å²) >= 11 is 0. The molecule has 20 heavy (non-hydrogen) atoms. The number of aryl methyl sites for hydroxylation is 2. The maximum absolute atomic E-state index is 4.61. The number of benzene rings is 1. The Morgan fingerprint density at radius 1 is 1.15 bits per heavy atom. The van der Waals surface area contributed by atoms with Crippen molar-refractivity contribution in [2.45, 2.75) is 44.9 Å². The third kappa shape index (κ3) is 2.65. The highest BCUT2D eigenvalue weighted by molar-refractivity contribution is 5.63. The van der Waals surface area contributed by atoms with E-state index in [2.05, 4.69) is 48.9 Å². The lowest BCUT2D eigenvalue weighted by Gasteiger charge is -2.21. The average molecular weight is 267 g/mol. The molecule has 0 atom stereocenters. The Morgan fingerprint density at radius 2 is 1.85 bits per heavy atom. The lowest BCUT2D eigenvalue weighted by atomic mass is 9.84. The van der Waals surface area contributed by atoms with Crippen LogP contribution in [0, 0.1) is 6.42 Å². The van der Waals surface area contributed by atoms with E-state index in [9.17, 15) is 0 Å². The molecule has 1 aliphatic carbocycles. The van der Waals surface area contributed by atoms with Gasteiger partial charge in [0.15, 0.2) is 0 Å². The largest absolute Gasteiger partial charge is 0.275 e. The van der Waals surface area contributed by atoms with Crippen LogP contribution in [0.1, 0.15) is 49.7 Å². The van der Waals surface area contributed by atoms with E-state index in [0.29, 0.717) is 0 Å². The lowest BCUT2D eigenvalue weighted by Crippen LogP contribution is -2.04. The smallest absolute Gasteiger partial charge is 0.0954 e. The van der Waals surface area contributed by atoms with Crippen molar-refractivity contribution < 1.29 is 0 Å². The van der Waals surface area contributed by atoms with E-state index in [4.69, 9.17) is 0 Å². The molecule has 0 amide bonds. The fourth-order valence-electron chi connectivity index (χ4n) is 3.21. The van der Waals surface area contributed by atoms with E-state index in [1.54, 1.807) is 0 Å². The van der Waals surface area contributed by atoms with Crippen LogP contribution < -0.4 is 0 Å². The SMILES string of the molecule is CCc1cn(C)nc1-c1ccc(C2CC[CH]CC2)cc1. The van der Waals surface area contributed by atoms with Gasteiger partial charge < -0.3 is 0 Å². The predicted octanol–water partition coefficient (Wildman–Crippen LogP) is 4.51. The molecule has 0 N–H and O–H groups in total. The van der Waals surface area contributed by atoms with Crippen molar-refractivity contribution in [1.29, 1.82) is 0 Å². The Bertz CT molecular complexity index is 560. The first-order chi connectivity index (χ1) is 9.78. The molecule has 2 aromatic rings. The number of aromatic nitrogens is 2. The standard InChI is InChI=1S/C18H23N2/c1-3-14-13-20(2)19-18(14)17-11-9-16(10-12-17)15-7-5-4-6-8-15/h4,9-13,15H,3,5-8H2,1-2H3. The molecule has 1 saturated carbocycles. The monoisotopic (exact) mass is 267 g/mol. The minimum Gasteiger partial charge on any atom is -0.275 e. The summed E-state index contributed by atoms with van der Waals surface area (Å²) in [4.78, 5) is 0. The molecule has 1 aliphatic rings. The van der Waals surface area contributed by atoms with Crippen LogP contribution in [0.15, 0.2) is 30.5 Å². The number of hydrogen-bond donors (Lipinski definition) is 0. The topological polar surface area (TPSA) is 17.8 Å². The second-order valence-electron chi connectivity index (χ2n) is 5.79. The summed E-state index contributed by atoms with van der Waals surface area (Å²) in [7, 11) is 2.00. The van der Waals surface area contributed by atoms with Gasteiger partial charge in [0, 0.05) is 18.8 Å². The third-order valence-electron chi connectivity index (χ3n) is 4.38. The maximum atomic E-state index is 4.61. The summed E-state index contributed by atoms with van der Waals surface area (Å²) in [6, 6.07) is 9.10. The van der Waals surface area contributed by atoms with Gasteiger partial charge in [-0.3, -0.25) is 4.68 Å². The highest BCUT2D eigenvalue weighted by Gasteiger charge is 2.16. The molecule has 1 radical (unpaired) electrons. The van der Waals surface area contributed by atoms with Crippen LogP contribution in [-0.4, -0.2) is 9.78 Å². The first-order valence-corrected chi connectivity index (χ1v) is 7.72. The summed E-state index contributed by atoms with van der Waals surface area (Å²) in [5.41, 5.74) is 5.20. The van der Waals surface area contributed by atoms with Crippen molar-refractivity contribution in [3.63, 3.8) is 0 Å². The molecule has 1 heterocycles. The van der Waals surface area contributed by atoms with Gasteiger partial charge in [0.05, 0.1) is 5.69 Å². The number of nitrogens with zero attached hydrogens (tertiary/aromatic N) is 2. The fraction of sp³-hybridized carbons (Fsp3) is 0.444. The minimum atomic E-state index is 0.753. The summed E-state index contributed by atoms with van der Waals surface area (Å²) in [5.74, 6) is 0.753. The Kier molecular flexibility index (Phi) is 3.90. The zero-order valence-electron chi connectivity index (χ0n) is 12.5. The van der Waals surface area contributed by atoms with Crippen LogP contribution in [0.4, 0.5) is 0 Å². The molecule has 1 aromatic heterocycles. The molecule has 0 spiro atoms. The number of rotatable bonds is 3. The fourth-order valence-corrected chi connectivity index (χ4v) is 3.21. The molecule has 3 rings (SSSR count). The van der Waals surface area contributed by atoms with Crippen LogP contribution in [-0.2, 0) is 13.5 Å². The lowest BCUT2D eigenvalue weighted by molar-refractivity contribution is 0.512. The Labute approximate surface area is 121 Å². The quantitative estimate of drug-likeness (QED) is 0.800. The van der Waals surface area contributed by atoms with E-state index in [1.165, 1.54) is 42.4 Å². The van der Waals surface area contributed by atoms with Crippen molar-refractivity contribution in [1.82, 2.24) is 9.78 Å². The van der Waals surface area contributed by atoms with E-state index < -0.39 is 0 Å². The van der Waals surface area contributed by atoms with Gasteiger partial charge in [0.1, 0.15) is 0 Å². The first kappa shape index (κ1) is 13.4. The second-order valence-corrected chi connectivity index (χ2v) is 5.79. The Balaban J connectivity index is 1.85. The van der Waals surface area contributed by atoms with E-state index >= 15 is 0 Å². The van der Waals surface area contributed by atoms with Gasteiger partial charge in [-0.05, 0) is 55.6 Å². The van der Waals surface area contributed by atoms with Crippen LogP contribution in [0.5, 0.6) is 0 Å². The van der Waals surface area contributed by atoms with E-state index in [0.717, 1.165) is 18.0 Å². The van der Waals surface area contributed by atoms with E-state index in [1.807, 2.05) is 11.7 Å². The molecular formula is C18H23N2. The number of hydrogen-bond acceptors (Lipinski definition) is 1. The molecule has 0 unspecified atom stereocenters. The summed E-state index contributed by atoms with van der Waals surface area (Å²) < 4.78 is 1.92. The first-order valence-electron chi connectivity index (χ1n) is 7.72. The summed E-state index contributed by atoms with van der Waals surface area (Å²) in [6.07, 6.45) is 10.7. The van der Waals surface area contributed by atoms with Gasteiger partial charge in [0.25, 0.3) is 0 Å². The van der Waals surface area contributed by atoms with Gasteiger partial charge in [-0.15, -0.1) is 0 Å². The molecule has 1 aromatic carbocycles. The molecule has 1 fully saturated rings. The van der Waals surface area contributed by atoms with Gasteiger partial charge in [-0.1, -0.05) is 31.2 Å². The average Bonchev–Trinajstić information content (AvgIpc) is 2.89. The highest BCUT2D eigenvalue weighted by atomic mass is 15.2. The maximum Gasteiger partial charge on any atom is 0.0954 e. The zero-order valence-corrected chi connectivity index (χ0v) is 12.5. The zero-order chi connectivity index (χ0) is 13.9. The van der Waals surface area contributed by atoms with Crippen LogP contribution in [0.25, 0.3) is 11.3 Å². The van der Waals surface area contributed by atoms with Crippen LogP contribution in [0.3, 0.4) is 0 Å². The van der Waals surface area contributed by atoms with Gasteiger partial charge in [0.2, 0.25) is 0 Å². The normalized spacial score (nSPS) is 16.5. The Hall–Kier alpha value is -1.57. The minimum absolute atomic E-state index is 0.753. The molecular weight excluding hydrogens is 244 g/mol. The molecule has 0 saturated heterocycles. The molecule has 105 valence electrons.